The molecule has 0 aliphatic carbocycles. The van der Waals surface area contributed by atoms with Gasteiger partial charge in [0, 0.05) is 39.2 Å². The molecule has 1 unspecified atom stereocenters. The number of hydrogen-bond donors (Lipinski definition) is 1. The Morgan fingerprint density at radius 3 is 3.09 bits per heavy atom. The molecular weight excluding hydrogens is 296 g/mol. The van der Waals surface area contributed by atoms with Crippen LogP contribution in [0.3, 0.4) is 0 Å². The molecule has 128 valence electrons. The van der Waals surface area contributed by atoms with E-state index in [1.54, 1.807) is 19.3 Å². The van der Waals surface area contributed by atoms with Gasteiger partial charge in [-0.1, -0.05) is 13.3 Å². The van der Waals surface area contributed by atoms with Crippen LogP contribution in [-0.2, 0) is 16.6 Å². The number of aryl methyl sites for hydroxylation is 1. The summed E-state index contributed by atoms with van der Waals surface area (Å²) in [7, 11) is 1.63. The van der Waals surface area contributed by atoms with Gasteiger partial charge in [0.15, 0.2) is 0 Å². The molecule has 1 atom stereocenters. The molecule has 1 saturated heterocycles. The first kappa shape index (κ1) is 17.5. The van der Waals surface area contributed by atoms with E-state index in [0.29, 0.717) is 26.1 Å². The fourth-order valence-electron chi connectivity index (χ4n) is 2.56. The molecule has 0 saturated carbocycles. The van der Waals surface area contributed by atoms with Crippen molar-refractivity contribution in [1.82, 2.24) is 15.1 Å². The Bertz CT molecular complexity index is 573. The maximum atomic E-state index is 11.7. The van der Waals surface area contributed by atoms with Crippen LogP contribution in [-0.4, -0.2) is 48.0 Å². The Morgan fingerprint density at radius 1 is 1.52 bits per heavy atom. The van der Waals surface area contributed by atoms with Crippen LogP contribution in [0.25, 0.3) is 0 Å². The van der Waals surface area contributed by atoms with Crippen molar-refractivity contribution in [2.75, 3.05) is 31.1 Å². The number of carbonyl (C=O) groups is 1. The highest BCUT2D eigenvalue weighted by atomic mass is 16.5. The smallest absolute Gasteiger partial charge is 0.268 e. The van der Waals surface area contributed by atoms with E-state index >= 15 is 0 Å². The average molecular weight is 322 g/mol. The van der Waals surface area contributed by atoms with E-state index in [0.717, 1.165) is 31.5 Å². The van der Waals surface area contributed by atoms with Crippen molar-refractivity contribution in [3.05, 3.63) is 22.6 Å². The average Bonchev–Trinajstić information content (AvgIpc) is 2.56. The molecule has 0 bridgehead atoms. The Balaban J connectivity index is 1.80. The first-order chi connectivity index (χ1) is 11.1. The predicted octanol–water partition coefficient (Wildman–Crippen LogP) is 0.682. The summed E-state index contributed by atoms with van der Waals surface area (Å²) < 4.78 is 7.06. The number of morpholine rings is 1. The lowest BCUT2D eigenvalue weighted by atomic mass is 10.2. The minimum absolute atomic E-state index is 0.0549. The molecular formula is C16H26N4O3. The maximum absolute atomic E-state index is 11.7. The Labute approximate surface area is 136 Å². The number of nitrogens with zero attached hydrogens (tertiary/aromatic N) is 3. The van der Waals surface area contributed by atoms with E-state index in [9.17, 15) is 9.59 Å². The topological polar surface area (TPSA) is 76.5 Å². The van der Waals surface area contributed by atoms with Crippen LogP contribution < -0.4 is 15.8 Å². The summed E-state index contributed by atoms with van der Waals surface area (Å²) in [6, 6.07) is 1.60. The molecule has 0 radical (unpaired) electrons. The quantitative estimate of drug-likeness (QED) is 0.799. The van der Waals surface area contributed by atoms with E-state index in [1.165, 1.54) is 4.68 Å². The van der Waals surface area contributed by atoms with E-state index in [4.69, 9.17) is 4.74 Å². The second-order valence-corrected chi connectivity index (χ2v) is 5.86. The SMILES string of the molecule is CCCCC(=O)NCCC1CN(c2cnn(C)c(=O)c2)CCO1. The van der Waals surface area contributed by atoms with Crippen molar-refractivity contribution >= 4 is 11.6 Å². The van der Waals surface area contributed by atoms with Gasteiger partial charge in [-0.25, -0.2) is 4.68 Å². The molecule has 2 rings (SSSR count). The number of ether oxygens (including phenoxy) is 1. The summed E-state index contributed by atoms with van der Waals surface area (Å²) in [6.45, 7) is 4.76. The third-order valence-corrected chi connectivity index (χ3v) is 4.00. The third-order valence-electron chi connectivity index (χ3n) is 4.00. The summed E-state index contributed by atoms with van der Waals surface area (Å²) in [5, 5.41) is 6.99. The molecule has 2 heterocycles. The number of amides is 1. The minimum atomic E-state index is -0.117. The van der Waals surface area contributed by atoms with Gasteiger partial charge in [0.05, 0.1) is 24.6 Å². The molecule has 7 nitrogen and oxygen atoms in total. The standard InChI is InChI=1S/C16H26N4O3/c1-3-4-5-15(21)17-7-6-14-12-20(8-9-23-14)13-10-16(22)19(2)18-11-13/h10-11,14H,3-9,12H2,1-2H3,(H,17,21). The normalized spacial score (nSPS) is 18.0. The predicted molar refractivity (Wildman–Crippen MR) is 88.6 cm³/mol. The molecule has 23 heavy (non-hydrogen) atoms. The van der Waals surface area contributed by atoms with Crippen LogP contribution in [0.15, 0.2) is 17.1 Å². The zero-order valence-electron chi connectivity index (χ0n) is 14.0. The molecule has 1 aliphatic rings. The van der Waals surface area contributed by atoms with Crippen LogP contribution in [0.5, 0.6) is 0 Å². The van der Waals surface area contributed by atoms with Gasteiger partial charge >= 0.3 is 0 Å². The molecule has 0 aromatic carbocycles. The monoisotopic (exact) mass is 322 g/mol. The highest BCUT2D eigenvalue weighted by Gasteiger charge is 2.21. The van der Waals surface area contributed by atoms with E-state index in [1.807, 2.05) is 0 Å². The van der Waals surface area contributed by atoms with Crippen molar-refractivity contribution < 1.29 is 9.53 Å². The number of carbonyl (C=O) groups excluding carboxylic acids is 1. The number of aromatic nitrogens is 2. The largest absolute Gasteiger partial charge is 0.374 e. The number of hydrogen-bond acceptors (Lipinski definition) is 5. The van der Waals surface area contributed by atoms with E-state index in [2.05, 4.69) is 22.2 Å². The molecule has 1 amide bonds. The van der Waals surface area contributed by atoms with Gasteiger partial charge < -0.3 is 15.0 Å². The minimum Gasteiger partial charge on any atom is -0.374 e. The molecule has 1 aromatic heterocycles. The Kier molecular flexibility index (Phi) is 6.58. The maximum Gasteiger partial charge on any atom is 0.268 e. The van der Waals surface area contributed by atoms with E-state index < -0.39 is 0 Å². The van der Waals surface area contributed by atoms with Crippen molar-refractivity contribution in [3.63, 3.8) is 0 Å². The lowest BCUT2D eigenvalue weighted by molar-refractivity contribution is -0.121. The Hall–Kier alpha value is -1.89. The molecule has 1 aromatic rings. The van der Waals surface area contributed by atoms with Crippen LogP contribution in [0.1, 0.15) is 32.6 Å². The Morgan fingerprint density at radius 2 is 2.35 bits per heavy atom. The third kappa shape index (κ3) is 5.35. The van der Waals surface area contributed by atoms with Gasteiger partial charge in [-0.2, -0.15) is 5.10 Å². The van der Waals surface area contributed by atoms with Crippen LogP contribution >= 0.6 is 0 Å². The first-order valence-electron chi connectivity index (χ1n) is 8.26. The van der Waals surface area contributed by atoms with Crippen molar-refractivity contribution in [2.24, 2.45) is 7.05 Å². The van der Waals surface area contributed by atoms with Crippen molar-refractivity contribution in [3.8, 4) is 0 Å². The van der Waals surface area contributed by atoms with Gasteiger partial charge in [0.1, 0.15) is 0 Å². The van der Waals surface area contributed by atoms with Gasteiger partial charge in [-0.3, -0.25) is 9.59 Å². The lowest BCUT2D eigenvalue weighted by Crippen LogP contribution is -2.44. The highest BCUT2D eigenvalue weighted by molar-refractivity contribution is 5.75. The lowest BCUT2D eigenvalue weighted by Gasteiger charge is -2.34. The zero-order chi connectivity index (χ0) is 16.7. The second-order valence-electron chi connectivity index (χ2n) is 5.86. The summed E-state index contributed by atoms with van der Waals surface area (Å²) in [5.41, 5.74) is 0.710. The number of unbranched alkanes of at least 4 members (excludes halogenated alkanes) is 1. The molecule has 7 heteroatoms. The fourth-order valence-corrected chi connectivity index (χ4v) is 2.56. The molecule has 1 N–H and O–H groups in total. The fraction of sp³-hybridized carbons (Fsp3) is 0.688. The van der Waals surface area contributed by atoms with Crippen LogP contribution in [0.2, 0.25) is 0 Å². The van der Waals surface area contributed by atoms with Crippen molar-refractivity contribution in [2.45, 2.75) is 38.7 Å². The van der Waals surface area contributed by atoms with Crippen molar-refractivity contribution in [1.29, 1.82) is 0 Å². The highest BCUT2D eigenvalue weighted by Crippen LogP contribution is 2.16. The molecule has 1 aliphatic heterocycles. The summed E-state index contributed by atoms with van der Waals surface area (Å²) in [4.78, 5) is 25.4. The molecule has 1 fully saturated rings. The summed E-state index contributed by atoms with van der Waals surface area (Å²) >= 11 is 0. The van der Waals surface area contributed by atoms with Crippen LogP contribution in [0, 0.1) is 0 Å². The van der Waals surface area contributed by atoms with Gasteiger partial charge in [0.2, 0.25) is 5.91 Å². The number of rotatable bonds is 7. The summed E-state index contributed by atoms with van der Waals surface area (Å²) in [6.07, 6.45) is 5.07. The summed E-state index contributed by atoms with van der Waals surface area (Å²) in [5.74, 6) is 0.107. The first-order valence-corrected chi connectivity index (χ1v) is 8.26. The van der Waals surface area contributed by atoms with E-state index in [-0.39, 0.29) is 17.6 Å². The van der Waals surface area contributed by atoms with Gasteiger partial charge in [0.25, 0.3) is 5.56 Å². The number of anilines is 1. The number of nitrogens with one attached hydrogen (secondary N) is 1. The zero-order valence-corrected chi connectivity index (χ0v) is 14.0. The second kappa shape index (κ2) is 8.67. The van der Waals surface area contributed by atoms with Crippen LogP contribution in [0.4, 0.5) is 5.69 Å². The van der Waals surface area contributed by atoms with Gasteiger partial charge in [-0.15, -0.1) is 0 Å². The van der Waals surface area contributed by atoms with Gasteiger partial charge in [-0.05, 0) is 12.8 Å². The molecule has 0 spiro atoms.